The Morgan fingerprint density at radius 3 is 2.54 bits per heavy atom. The highest BCUT2D eigenvalue weighted by atomic mass is 16.4. The molecule has 0 heterocycles. The zero-order chi connectivity index (χ0) is 10.0. The minimum absolute atomic E-state index is 0.163. The summed E-state index contributed by atoms with van der Waals surface area (Å²) in [7, 11) is 0. The van der Waals surface area contributed by atoms with Gasteiger partial charge < -0.3 is 10.4 Å². The molecule has 0 aromatic rings. The zero-order valence-corrected chi connectivity index (χ0v) is 8.58. The predicted octanol–water partition coefficient (Wildman–Crippen LogP) is 1.48. The molecule has 3 nitrogen and oxygen atoms in total. The van der Waals surface area contributed by atoms with Crippen molar-refractivity contribution in [2.75, 3.05) is 0 Å². The molecule has 3 atom stereocenters. The van der Waals surface area contributed by atoms with Crippen molar-refractivity contribution in [1.29, 1.82) is 0 Å². The van der Waals surface area contributed by atoms with Crippen molar-refractivity contribution in [3.8, 4) is 0 Å². The summed E-state index contributed by atoms with van der Waals surface area (Å²) < 4.78 is 0. The van der Waals surface area contributed by atoms with Gasteiger partial charge in [-0.05, 0) is 18.3 Å². The topological polar surface area (TPSA) is 49.3 Å². The molecule has 0 amide bonds. The first-order valence-corrected chi connectivity index (χ1v) is 5.05. The molecule has 1 aliphatic carbocycles. The maximum absolute atomic E-state index is 10.8. The molecule has 0 aromatic carbocycles. The van der Waals surface area contributed by atoms with Crippen LogP contribution in [-0.2, 0) is 4.79 Å². The van der Waals surface area contributed by atoms with Crippen molar-refractivity contribution in [2.24, 2.45) is 11.8 Å². The van der Waals surface area contributed by atoms with Crippen LogP contribution in [0, 0.1) is 11.8 Å². The third kappa shape index (κ3) is 2.69. The molecule has 1 aliphatic rings. The average Bonchev–Trinajstić information content (AvgIpc) is 2.77. The second-order valence-electron chi connectivity index (χ2n) is 4.24. The lowest BCUT2D eigenvalue weighted by molar-refractivity contribution is -0.140. The van der Waals surface area contributed by atoms with E-state index < -0.39 is 5.97 Å². The Bertz CT molecular complexity index is 191. The maximum Gasteiger partial charge on any atom is 0.320 e. The number of hydrogen-bond donors (Lipinski definition) is 2. The van der Waals surface area contributed by atoms with E-state index in [1.54, 1.807) is 0 Å². The number of aliphatic carboxylic acids is 1. The molecule has 0 saturated heterocycles. The molecule has 0 aromatic heterocycles. The highest BCUT2D eigenvalue weighted by Gasteiger charge is 2.38. The summed E-state index contributed by atoms with van der Waals surface area (Å²) in [6.07, 6.45) is 2.30. The number of carbonyl (C=O) groups is 1. The van der Waals surface area contributed by atoms with Gasteiger partial charge in [0.05, 0.1) is 0 Å². The Morgan fingerprint density at radius 2 is 2.23 bits per heavy atom. The van der Waals surface area contributed by atoms with Crippen LogP contribution in [0.2, 0.25) is 0 Å². The minimum atomic E-state index is -0.725. The summed E-state index contributed by atoms with van der Waals surface area (Å²) in [6.45, 7) is 6.03. The molecule has 1 rings (SSSR count). The SMILES string of the molecule is CCC1CC1NC(C(=O)O)C(C)C. The smallest absolute Gasteiger partial charge is 0.320 e. The van der Waals surface area contributed by atoms with Crippen molar-refractivity contribution >= 4 is 5.97 Å². The van der Waals surface area contributed by atoms with E-state index in [9.17, 15) is 4.79 Å². The van der Waals surface area contributed by atoms with Gasteiger partial charge in [-0.3, -0.25) is 4.79 Å². The van der Waals surface area contributed by atoms with Crippen molar-refractivity contribution in [3.63, 3.8) is 0 Å². The number of hydrogen-bond acceptors (Lipinski definition) is 2. The summed E-state index contributed by atoms with van der Waals surface area (Å²) in [5.41, 5.74) is 0. The first kappa shape index (κ1) is 10.5. The van der Waals surface area contributed by atoms with Crippen LogP contribution in [0.1, 0.15) is 33.6 Å². The summed E-state index contributed by atoms with van der Waals surface area (Å²) in [4.78, 5) is 10.8. The molecule has 13 heavy (non-hydrogen) atoms. The largest absolute Gasteiger partial charge is 0.480 e. The van der Waals surface area contributed by atoms with Crippen molar-refractivity contribution < 1.29 is 9.90 Å². The summed E-state index contributed by atoms with van der Waals surface area (Å²) in [5.74, 6) is 0.146. The fourth-order valence-electron chi connectivity index (χ4n) is 1.68. The summed E-state index contributed by atoms with van der Waals surface area (Å²) >= 11 is 0. The van der Waals surface area contributed by atoms with Crippen molar-refractivity contribution in [1.82, 2.24) is 5.32 Å². The molecule has 3 unspecified atom stereocenters. The fourth-order valence-corrected chi connectivity index (χ4v) is 1.68. The second kappa shape index (κ2) is 4.09. The second-order valence-corrected chi connectivity index (χ2v) is 4.24. The Hall–Kier alpha value is -0.570. The number of nitrogens with one attached hydrogen (secondary N) is 1. The molecule has 1 saturated carbocycles. The minimum Gasteiger partial charge on any atom is -0.480 e. The van der Waals surface area contributed by atoms with Crippen LogP contribution < -0.4 is 5.32 Å². The van der Waals surface area contributed by atoms with Crippen LogP contribution in [0.25, 0.3) is 0 Å². The monoisotopic (exact) mass is 185 g/mol. The third-order valence-electron chi connectivity index (χ3n) is 2.77. The molecular weight excluding hydrogens is 166 g/mol. The van der Waals surface area contributed by atoms with Gasteiger partial charge in [-0.25, -0.2) is 0 Å². The van der Waals surface area contributed by atoms with Crippen LogP contribution in [0.5, 0.6) is 0 Å². The molecule has 1 fully saturated rings. The van der Waals surface area contributed by atoms with E-state index in [1.165, 1.54) is 0 Å². The lowest BCUT2D eigenvalue weighted by atomic mass is 10.0. The highest BCUT2D eigenvalue weighted by Crippen LogP contribution is 2.33. The van der Waals surface area contributed by atoms with Crippen LogP contribution in [0.4, 0.5) is 0 Å². The van der Waals surface area contributed by atoms with Gasteiger partial charge in [-0.2, -0.15) is 0 Å². The van der Waals surface area contributed by atoms with E-state index in [0.29, 0.717) is 12.0 Å². The Kier molecular flexibility index (Phi) is 3.31. The number of rotatable bonds is 5. The molecule has 3 heteroatoms. The van der Waals surface area contributed by atoms with Crippen LogP contribution in [0.3, 0.4) is 0 Å². The van der Waals surface area contributed by atoms with Gasteiger partial charge >= 0.3 is 5.97 Å². The van der Waals surface area contributed by atoms with Gasteiger partial charge in [0.15, 0.2) is 0 Å². The zero-order valence-electron chi connectivity index (χ0n) is 8.58. The van der Waals surface area contributed by atoms with Crippen LogP contribution in [-0.4, -0.2) is 23.2 Å². The highest BCUT2D eigenvalue weighted by molar-refractivity contribution is 5.73. The molecule has 0 spiro atoms. The fraction of sp³-hybridized carbons (Fsp3) is 0.900. The average molecular weight is 185 g/mol. The number of carboxylic acid groups (broad SMARTS) is 1. The van der Waals surface area contributed by atoms with Gasteiger partial charge in [0.25, 0.3) is 0 Å². The molecule has 0 aliphatic heterocycles. The normalized spacial score (nSPS) is 28.9. The molecule has 2 N–H and O–H groups in total. The van der Waals surface area contributed by atoms with Gasteiger partial charge in [-0.15, -0.1) is 0 Å². The van der Waals surface area contributed by atoms with Crippen LogP contribution >= 0.6 is 0 Å². The Labute approximate surface area is 79.5 Å². The Balaban J connectivity index is 2.36. The lowest BCUT2D eigenvalue weighted by Gasteiger charge is -2.17. The Morgan fingerprint density at radius 1 is 1.62 bits per heavy atom. The third-order valence-corrected chi connectivity index (χ3v) is 2.77. The first-order chi connectivity index (χ1) is 6.06. The van der Waals surface area contributed by atoms with Crippen molar-refractivity contribution in [3.05, 3.63) is 0 Å². The van der Waals surface area contributed by atoms with E-state index in [4.69, 9.17) is 5.11 Å². The molecule has 0 bridgehead atoms. The van der Waals surface area contributed by atoms with Crippen molar-refractivity contribution in [2.45, 2.75) is 45.7 Å². The molecular formula is C10H19NO2. The lowest BCUT2D eigenvalue weighted by Crippen LogP contribution is -2.42. The molecule has 76 valence electrons. The summed E-state index contributed by atoms with van der Waals surface area (Å²) in [5, 5.41) is 12.1. The summed E-state index contributed by atoms with van der Waals surface area (Å²) in [6, 6.07) is 0.0787. The predicted molar refractivity (Wildman–Crippen MR) is 51.6 cm³/mol. The van der Waals surface area contributed by atoms with E-state index >= 15 is 0 Å². The van der Waals surface area contributed by atoms with Gasteiger partial charge in [0, 0.05) is 6.04 Å². The van der Waals surface area contributed by atoms with E-state index in [1.807, 2.05) is 13.8 Å². The van der Waals surface area contributed by atoms with E-state index in [-0.39, 0.29) is 12.0 Å². The van der Waals surface area contributed by atoms with Crippen LogP contribution in [0.15, 0.2) is 0 Å². The molecule has 0 radical (unpaired) electrons. The quantitative estimate of drug-likeness (QED) is 0.682. The standard InChI is InChI=1S/C10H19NO2/c1-4-7-5-8(7)11-9(6(2)3)10(12)13/h6-9,11H,4-5H2,1-3H3,(H,12,13). The first-order valence-electron chi connectivity index (χ1n) is 5.05. The van der Waals surface area contributed by atoms with Gasteiger partial charge in [0.1, 0.15) is 6.04 Å². The van der Waals surface area contributed by atoms with E-state index in [0.717, 1.165) is 12.8 Å². The van der Waals surface area contributed by atoms with Gasteiger partial charge in [-0.1, -0.05) is 27.2 Å². The van der Waals surface area contributed by atoms with E-state index in [2.05, 4.69) is 12.2 Å². The van der Waals surface area contributed by atoms with Gasteiger partial charge in [0.2, 0.25) is 0 Å². The maximum atomic E-state index is 10.8. The number of carboxylic acids is 1.